The molecule has 3 aliphatic heterocycles. The van der Waals surface area contributed by atoms with Crippen molar-refractivity contribution in [2.45, 2.75) is 99.0 Å². The molecule has 216 valence electrons. The van der Waals surface area contributed by atoms with Crippen LogP contribution in [-0.4, -0.2) is 169 Å². The molecule has 3 rings (SSSR count). The Labute approximate surface area is 210 Å². The van der Waals surface area contributed by atoms with E-state index in [0.29, 0.717) is 0 Å². The van der Waals surface area contributed by atoms with Gasteiger partial charge in [-0.15, -0.1) is 0 Å². The Morgan fingerprint density at radius 1 is 0.649 bits per heavy atom. The number of carbonyl (C=O) groups is 1. The summed E-state index contributed by atoms with van der Waals surface area (Å²) in [4.78, 5) is 11.9. The number of hydrogen-bond acceptors (Lipinski definition) is 16. The summed E-state index contributed by atoms with van der Waals surface area (Å²) in [5.74, 6) is -0.676. The van der Waals surface area contributed by atoms with E-state index >= 15 is 0 Å². The molecule has 37 heavy (non-hydrogen) atoms. The molecule has 3 heterocycles. The van der Waals surface area contributed by atoms with Crippen molar-refractivity contribution in [1.29, 1.82) is 0 Å². The van der Waals surface area contributed by atoms with Crippen LogP contribution >= 0.6 is 0 Å². The third-order valence-electron chi connectivity index (χ3n) is 6.49. The van der Waals surface area contributed by atoms with Crippen molar-refractivity contribution in [3.63, 3.8) is 0 Å². The number of ether oxygens (including phenoxy) is 5. The minimum Gasteiger partial charge on any atom is -0.394 e. The van der Waals surface area contributed by atoms with Gasteiger partial charge in [-0.1, -0.05) is 0 Å². The Bertz CT molecular complexity index is 743. The minimum absolute atomic E-state index is 0.676. The standard InChI is InChI=1S/C20H35NO16/c1-5(25)21-9-11(27)16(37-20-15(31)12(28)10(26)6(2-22)34-20)8(4-24)35-19(9)36-17-7(3-23)33-18(32)14(30)13(17)29/h6-20,22-24,26-32H,2-4H2,1H3,(H,21,25)/t6-,7-,8-,9-,10-,11-,12+,13-,14+,15-,16+,17-,18?,19+,20-/m1/s1. The van der Waals surface area contributed by atoms with Gasteiger partial charge in [0.2, 0.25) is 5.91 Å². The van der Waals surface area contributed by atoms with Crippen LogP contribution in [-0.2, 0) is 28.5 Å². The van der Waals surface area contributed by atoms with Crippen LogP contribution in [0.3, 0.4) is 0 Å². The second kappa shape index (κ2) is 12.8. The summed E-state index contributed by atoms with van der Waals surface area (Å²) in [5, 5.41) is 103. The summed E-state index contributed by atoms with van der Waals surface area (Å²) < 4.78 is 27.2. The van der Waals surface area contributed by atoms with E-state index in [1.54, 1.807) is 0 Å². The van der Waals surface area contributed by atoms with Gasteiger partial charge in [-0.2, -0.15) is 0 Å². The van der Waals surface area contributed by atoms with Crippen molar-refractivity contribution in [3.05, 3.63) is 0 Å². The van der Waals surface area contributed by atoms with Crippen LogP contribution < -0.4 is 5.32 Å². The quantitative estimate of drug-likeness (QED) is 0.135. The molecule has 0 aromatic heterocycles. The fraction of sp³-hybridized carbons (Fsp3) is 0.950. The van der Waals surface area contributed by atoms with Crippen LogP contribution in [0.5, 0.6) is 0 Å². The summed E-state index contributed by atoms with van der Waals surface area (Å²) in [6.45, 7) is -1.23. The maximum absolute atomic E-state index is 11.9. The van der Waals surface area contributed by atoms with Gasteiger partial charge in [0.25, 0.3) is 0 Å². The number of rotatable bonds is 8. The number of carbonyl (C=O) groups excluding carboxylic acids is 1. The number of hydrogen-bond donors (Lipinski definition) is 11. The van der Waals surface area contributed by atoms with Crippen LogP contribution in [0.4, 0.5) is 0 Å². The maximum Gasteiger partial charge on any atom is 0.217 e. The normalized spacial score (nSPS) is 49.0. The molecule has 0 aromatic rings. The molecule has 0 aromatic carbocycles. The van der Waals surface area contributed by atoms with Crippen LogP contribution in [0.15, 0.2) is 0 Å². The Hall–Kier alpha value is -1.13. The van der Waals surface area contributed by atoms with Gasteiger partial charge in [0.05, 0.1) is 19.8 Å². The monoisotopic (exact) mass is 545 g/mol. The molecule has 0 spiro atoms. The molecule has 1 unspecified atom stereocenters. The number of aliphatic hydroxyl groups excluding tert-OH is 10. The zero-order valence-electron chi connectivity index (χ0n) is 19.7. The van der Waals surface area contributed by atoms with Crippen molar-refractivity contribution in [2.75, 3.05) is 19.8 Å². The number of nitrogens with one attached hydrogen (secondary N) is 1. The van der Waals surface area contributed by atoms with E-state index in [9.17, 15) is 55.9 Å². The van der Waals surface area contributed by atoms with E-state index < -0.39 is 118 Å². The SMILES string of the molecule is CC(=O)N[C@H]1[C@H](O[C@H]2[C@H](O)[C@H](O)C(O)O[C@@H]2CO)O[C@H](CO)[C@H](O[C@H]2O[C@H](CO)[C@@H](O)[C@H](O)[C@H]2O)[C@@H]1O. The highest BCUT2D eigenvalue weighted by Crippen LogP contribution is 2.32. The molecule has 17 nitrogen and oxygen atoms in total. The van der Waals surface area contributed by atoms with E-state index in [2.05, 4.69) is 5.32 Å². The Morgan fingerprint density at radius 3 is 1.73 bits per heavy atom. The molecule has 1 amide bonds. The molecule has 0 bridgehead atoms. The van der Waals surface area contributed by atoms with Crippen LogP contribution in [0.25, 0.3) is 0 Å². The largest absolute Gasteiger partial charge is 0.394 e. The van der Waals surface area contributed by atoms with Crippen molar-refractivity contribution in [1.82, 2.24) is 5.32 Å². The first-order chi connectivity index (χ1) is 17.4. The summed E-state index contributed by atoms with van der Waals surface area (Å²) >= 11 is 0. The van der Waals surface area contributed by atoms with Gasteiger partial charge in [-0.3, -0.25) is 4.79 Å². The molecule has 0 saturated carbocycles. The van der Waals surface area contributed by atoms with Gasteiger partial charge in [-0.25, -0.2) is 0 Å². The van der Waals surface area contributed by atoms with E-state index in [4.69, 9.17) is 23.7 Å². The average Bonchev–Trinajstić information content (AvgIpc) is 2.87. The van der Waals surface area contributed by atoms with Crippen LogP contribution in [0.2, 0.25) is 0 Å². The van der Waals surface area contributed by atoms with Gasteiger partial charge < -0.3 is 80.1 Å². The fourth-order valence-corrected chi connectivity index (χ4v) is 4.46. The first-order valence-corrected chi connectivity index (χ1v) is 11.6. The highest BCUT2D eigenvalue weighted by Gasteiger charge is 2.53. The van der Waals surface area contributed by atoms with E-state index in [1.165, 1.54) is 0 Å². The lowest BCUT2D eigenvalue weighted by atomic mass is 9.94. The van der Waals surface area contributed by atoms with Gasteiger partial charge in [0.1, 0.15) is 73.2 Å². The van der Waals surface area contributed by atoms with Crippen LogP contribution in [0, 0.1) is 0 Å². The summed E-state index contributed by atoms with van der Waals surface area (Å²) in [7, 11) is 0. The van der Waals surface area contributed by atoms with E-state index in [1.807, 2.05) is 0 Å². The van der Waals surface area contributed by atoms with E-state index in [-0.39, 0.29) is 0 Å². The molecule has 3 fully saturated rings. The highest BCUT2D eigenvalue weighted by molar-refractivity contribution is 5.73. The average molecular weight is 545 g/mol. The summed E-state index contributed by atoms with van der Waals surface area (Å²) in [6, 6.07) is -1.47. The van der Waals surface area contributed by atoms with Crippen molar-refractivity contribution in [2.24, 2.45) is 0 Å². The third-order valence-corrected chi connectivity index (χ3v) is 6.49. The Balaban J connectivity index is 1.83. The number of aliphatic hydroxyl groups is 10. The third kappa shape index (κ3) is 6.38. The van der Waals surface area contributed by atoms with Crippen molar-refractivity contribution in [3.8, 4) is 0 Å². The molecule has 0 radical (unpaired) electrons. The molecular weight excluding hydrogens is 510 g/mol. The Morgan fingerprint density at radius 2 is 1.16 bits per heavy atom. The molecule has 17 heteroatoms. The topological polar surface area (TPSA) is 278 Å². The molecule has 11 N–H and O–H groups in total. The summed E-state index contributed by atoms with van der Waals surface area (Å²) in [5.41, 5.74) is 0. The van der Waals surface area contributed by atoms with Gasteiger partial charge in [0.15, 0.2) is 18.9 Å². The lowest BCUT2D eigenvalue weighted by Crippen LogP contribution is -2.69. The lowest BCUT2D eigenvalue weighted by Gasteiger charge is -2.49. The first kappa shape index (κ1) is 30.4. The fourth-order valence-electron chi connectivity index (χ4n) is 4.46. The summed E-state index contributed by atoms with van der Waals surface area (Å²) in [6.07, 6.45) is -23.1. The lowest BCUT2D eigenvalue weighted by molar-refractivity contribution is -0.365. The molecule has 3 saturated heterocycles. The van der Waals surface area contributed by atoms with Crippen LogP contribution in [0.1, 0.15) is 6.92 Å². The van der Waals surface area contributed by atoms with E-state index in [0.717, 1.165) is 6.92 Å². The predicted molar refractivity (Wildman–Crippen MR) is 113 cm³/mol. The molecule has 15 atom stereocenters. The smallest absolute Gasteiger partial charge is 0.217 e. The van der Waals surface area contributed by atoms with Gasteiger partial charge in [-0.05, 0) is 0 Å². The molecule has 0 aliphatic carbocycles. The molecule has 3 aliphatic rings. The maximum atomic E-state index is 11.9. The minimum atomic E-state index is -1.84. The number of amides is 1. The zero-order chi connectivity index (χ0) is 27.6. The first-order valence-electron chi connectivity index (χ1n) is 11.6. The second-order valence-electron chi connectivity index (χ2n) is 9.07. The van der Waals surface area contributed by atoms with Crippen molar-refractivity contribution < 1.29 is 79.5 Å². The highest BCUT2D eigenvalue weighted by atomic mass is 16.7. The zero-order valence-corrected chi connectivity index (χ0v) is 19.7. The predicted octanol–water partition coefficient (Wildman–Crippen LogP) is -7.43. The second-order valence-corrected chi connectivity index (χ2v) is 9.07. The molecular formula is C20H35NO16. The Kier molecular flexibility index (Phi) is 10.5. The van der Waals surface area contributed by atoms with Gasteiger partial charge in [0, 0.05) is 6.92 Å². The van der Waals surface area contributed by atoms with Gasteiger partial charge >= 0.3 is 0 Å². The van der Waals surface area contributed by atoms with Crippen molar-refractivity contribution >= 4 is 5.91 Å².